The molecule has 1 N–H and O–H groups in total. The van der Waals surface area contributed by atoms with Crippen molar-refractivity contribution >= 4 is 0 Å². The van der Waals surface area contributed by atoms with Gasteiger partial charge in [-0.25, -0.2) is 0 Å². The summed E-state index contributed by atoms with van der Waals surface area (Å²) in [5, 5.41) is 3.43. The van der Waals surface area contributed by atoms with E-state index in [4.69, 9.17) is 4.74 Å². The molecule has 1 saturated heterocycles. The predicted octanol–water partition coefficient (Wildman–Crippen LogP) is 2.95. The second kappa shape index (κ2) is 4.69. The maximum absolute atomic E-state index is 5.58. The summed E-state index contributed by atoms with van der Waals surface area (Å²) in [5.41, 5.74) is 4.31. The van der Waals surface area contributed by atoms with Gasteiger partial charge in [0.05, 0.1) is 7.11 Å². The molecule has 0 amide bonds. The van der Waals surface area contributed by atoms with Gasteiger partial charge in [0.15, 0.2) is 0 Å². The molecule has 2 rings (SSSR count). The lowest BCUT2D eigenvalue weighted by Gasteiger charge is -2.36. The first-order valence-electron chi connectivity index (χ1n) is 6.43. The van der Waals surface area contributed by atoms with Crippen LogP contribution in [-0.4, -0.2) is 20.2 Å². The minimum absolute atomic E-state index is 0.259. The average molecular weight is 233 g/mol. The van der Waals surface area contributed by atoms with Gasteiger partial charge >= 0.3 is 0 Å². The number of hydrogen-bond acceptors (Lipinski definition) is 2. The van der Waals surface area contributed by atoms with Gasteiger partial charge in [0.2, 0.25) is 0 Å². The molecular formula is C15H23NO. The lowest BCUT2D eigenvalue weighted by atomic mass is 9.74. The Morgan fingerprint density at radius 1 is 1.12 bits per heavy atom. The Balaban J connectivity index is 2.45. The Morgan fingerprint density at radius 2 is 1.71 bits per heavy atom. The van der Waals surface area contributed by atoms with Gasteiger partial charge < -0.3 is 10.1 Å². The van der Waals surface area contributed by atoms with Crippen molar-refractivity contribution in [3.63, 3.8) is 0 Å². The average Bonchev–Trinajstić information content (AvgIpc) is 2.33. The highest BCUT2D eigenvalue weighted by atomic mass is 16.5. The van der Waals surface area contributed by atoms with Crippen molar-refractivity contribution in [3.8, 4) is 5.75 Å². The number of methoxy groups -OCH3 is 1. The highest BCUT2D eigenvalue weighted by molar-refractivity contribution is 5.46. The van der Waals surface area contributed by atoms with Crippen molar-refractivity contribution in [2.45, 2.75) is 39.0 Å². The summed E-state index contributed by atoms with van der Waals surface area (Å²) in [6.45, 7) is 8.90. The molecule has 0 radical (unpaired) electrons. The molecule has 0 unspecified atom stereocenters. The van der Waals surface area contributed by atoms with Crippen LogP contribution < -0.4 is 10.1 Å². The zero-order valence-corrected chi connectivity index (χ0v) is 11.4. The molecule has 1 aliphatic rings. The van der Waals surface area contributed by atoms with Crippen LogP contribution in [0.4, 0.5) is 0 Å². The van der Waals surface area contributed by atoms with Gasteiger partial charge in [0.25, 0.3) is 0 Å². The van der Waals surface area contributed by atoms with Gasteiger partial charge in [-0.1, -0.05) is 13.0 Å². The maximum Gasteiger partial charge on any atom is 0.122 e. The van der Waals surface area contributed by atoms with Crippen molar-refractivity contribution < 1.29 is 4.74 Å². The number of hydrogen-bond donors (Lipinski definition) is 1. The highest BCUT2D eigenvalue weighted by Crippen LogP contribution is 2.39. The molecule has 2 heteroatoms. The standard InChI is InChI=1S/C15H23NO/c1-11-9-13(14(17-4)10-12(11)2)15(3)5-7-16-8-6-15/h9-10,16H,5-8H2,1-4H3. The maximum atomic E-state index is 5.58. The van der Waals surface area contributed by atoms with Crippen molar-refractivity contribution in [2.24, 2.45) is 0 Å². The molecule has 1 aromatic rings. The normalized spacial score (nSPS) is 19.1. The zero-order chi connectivity index (χ0) is 12.5. The van der Waals surface area contributed by atoms with E-state index in [0.29, 0.717) is 0 Å². The van der Waals surface area contributed by atoms with Gasteiger partial charge in [-0.3, -0.25) is 0 Å². The van der Waals surface area contributed by atoms with E-state index >= 15 is 0 Å². The van der Waals surface area contributed by atoms with Crippen LogP contribution in [0.1, 0.15) is 36.5 Å². The van der Waals surface area contributed by atoms with E-state index < -0.39 is 0 Å². The Hall–Kier alpha value is -1.02. The van der Waals surface area contributed by atoms with Crippen molar-refractivity contribution in [1.29, 1.82) is 0 Å². The van der Waals surface area contributed by atoms with Crippen molar-refractivity contribution in [3.05, 3.63) is 28.8 Å². The van der Waals surface area contributed by atoms with E-state index in [-0.39, 0.29) is 5.41 Å². The Morgan fingerprint density at radius 3 is 2.29 bits per heavy atom. The summed E-state index contributed by atoms with van der Waals surface area (Å²) in [6, 6.07) is 4.50. The minimum Gasteiger partial charge on any atom is -0.496 e. The Kier molecular flexibility index (Phi) is 3.43. The van der Waals surface area contributed by atoms with Crippen molar-refractivity contribution in [1.82, 2.24) is 5.32 Å². The Labute approximate surface area is 104 Å². The molecule has 94 valence electrons. The zero-order valence-electron chi connectivity index (χ0n) is 11.4. The topological polar surface area (TPSA) is 21.3 Å². The molecule has 0 aromatic heterocycles. The minimum atomic E-state index is 0.259. The van der Waals surface area contributed by atoms with Crippen LogP contribution in [0.15, 0.2) is 12.1 Å². The summed E-state index contributed by atoms with van der Waals surface area (Å²) >= 11 is 0. The summed E-state index contributed by atoms with van der Waals surface area (Å²) in [7, 11) is 1.78. The third kappa shape index (κ3) is 2.32. The van der Waals surface area contributed by atoms with Crippen LogP contribution in [0.25, 0.3) is 0 Å². The van der Waals surface area contributed by atoms with Crippen LogP contribution in [-0.2, 0) is 5.41 Å². The second-order valence-electron chi connectivity index (χ2n) is 5.45. The molecule has 17 heavy (non-hydrogen) atoms. The molecule has 0 saturated carbocycles. The first-order valence-corrected chi connectivity index (χ1v) is 6.43. The molecular weight excluding hydrogens is 210 g/mol. The molecule has 0 spiro atoms. The number of ether oxygens (including phenoxy) is 1. The first kappa shape index (κ1) is 12.4. The molecule has 2 nitrogen and oxygen atoms in total. The van der Waals surface area contributed by atoms with E-state index in [0.717, 1.165) is 18.8 Å². The van der Waals surface area contributed by atoms with E-state index in [1.165, 1.54) is 29.5 Å². The number of benzene rings is 1. The van der Waals surface area contributed by atoms with Gasteiger partial charge in [-0.15, -0.1) is 0 Å². The van der Waals surface area contributed by atoms with Gasteiger partial charge in [-0.05, 0) is 62.4 Å². The van der Waals surface area contributed by atoms with Crippen molar-refractivity contribution in [2.75, 3.05) is 20.2 Å². The van der Waals surface area contributed by atoms with E-state index in [1.54, 1.807) is 7.11 Å². The molecule has 1 aliphatic heterocycles. The molecule has 1 fully saturated rings. The van der Waals surface area contributed by atoms with Gasteiger partial charge in [-0.2, -0.15) is 0 Å². The number of piperidine rings is 1. The van der Waals surface area contributed by atoms with Gasteiger partial charge in [0.1, 0.15) is 5.75 Å². The van der Waals surface area contributed by atoms with Crippen LogP contribution >= 0.6 is 0 Å². The SMILES string of the molecule is COc1cc(C)c(C)cc1C1(C)CCNCC1. The third-order valence-corrected chi connectivity index (χ3v) is 4.17. The monoisotopic (exact) mass is 233 g/mol. The lowest BCUT2D eigenvalue weighted by molar-refractivity contribution is 0.317. The van der Waals surface area contributed by atoms with Crippen LogP contribution in [0.2, 0.25) is 0 Å². The lowest BCUT2D eigenvalue weighted by Crippen LogP contribution is -2.38. The summed E-state index contributed by atoms with van der Waals surface area (Å²) in [5.74, 6) is 1.05. The first-order chi connectivity index (χ1) is 8.07. The molecule has 1 heterocycles. The molecule has 0 bridgehead atoms. The van der Waals surface area contributed by atoms with Crippen LogP contribution in [0.3, 0.4) is 0 Å². The number of rotatable bonds is 2. The number of nitrogens with one attached hydrogen (secondary N) is 1. The third-order valence-electron chi connectivity index (χ3n) is 4.17. The fourth-order valence-electron chi connectivity index (χ4n) is 2.68. The summed E-state index contributed by atoms with van der Waals surface area (Å²) < 4.78 is 5.58. The van der Waals surface area contributed by atoms with Crippen LogP contribution in [0.5, 0.6) is 5.75 Å². The van der Waals surface area contributed by atoms with E-state index in [9.17, 15) is 0 Å². The largest absolute Gasteiger partial charge is 0.496 e. The molecule has 0 aliphatic carbocycles. The smallest absolute Gasteiger partial charge is 0.122 e. The molecule has 1 aromatic carbocycles. The fraction of sp³-hybridized carbons (Fsp3) is 0.600. The van der Waals surface area contributed by atoms with Gasteiger partial charge in [0, 0.05) is 5.56 Å². The summed E-state index contributed by atoms with van der Waals surface area (Å²) in [6.07, 6.45) is 2.37. The molecule has 0 atom stereocenters. The second-order valence-corrected chi connectivity index (χ2v) is 5.45. The van der Waals surface area contributed by atoms with E-state index in [2.05, 4.69) is 38.2 Å². The highest BCUT2D eigenvalue weighted by Gasteiger charge is 2.31. The van der Waals surface area contributed by atoms with E-state index in [1.807, 2.05) is 0 Å². The Bertz CT molecular complexity index is 406. The summed E-state index contributed by atoms with van der Waals surface area (Å²) in [4.78, 5) is 0. The van der Waals surface area contributed by atoms with Crippen LogP contribution in [0, 0.1) is 13.8 Å². The number of aryl methyl sites for hydroxylation is 2. The quantitative estimate of drug-likeness (QED) is 0.848. The predicted molar refractivity (Wildman–Crippen MR) is 71.9 cm³/mol. The fourth-order valence-corrected chi connectivity index (χ4v) is 2.68.